The largest absolute Gasteiger partial charge is 0.544 e. The predicted octanol–water partition coefficient (Wildman–Crippen LogP) is 13.3. The van der Waals surface area contributed by atoms with Gasteiger partial charge in [0, 0.05) is 19.3 Å². The highest BCUT2D eigenvalue weighted by molar-refractivity contribution is 5.70. The number of unbranched alkanes of at least 4 members (excludes halogenated alkanes) is 27. The molecule has 0 amide bonds. The van der Waals surface area contributed by atoms with Crippen molar-refractivity contribution in [3.63, 3.8) is 0 Å². The lowest BCUT2D eigenvalue weighted by atomic mass is 10.1. The SMILES string of the molecule is CCCCC/C=C/C=C/CCCCCCCCCCCCC(=O)OC(COCCC(C(=O)[O-])[N+](C)(C)C)COC(=O)CCCCCCC/C=C/CCCCCCCCCCC. The van der Waals surface area contributed by atoms with Crippen molar-refractivity contribution in [1.82, 2.24) is 0 Å². The number of hydrogen-bond acceptors (Lipinski definition) is 7. The maximum Gasteiger partial charge on any atom is 0.306 e. The highest BCUT2D eigenvalue weighted by Gasteiger charge is 2.25. The molecule has 8 heteroatoms. The average molecular weight is 860 g/mol. The second-order valence-corrected chi connectivity index (χ2v) is 18.4. The fourth-order valence-electron chi connectivity index (χ4n) is 7.53. The maximum atomic E-state index is 12.8. The van der Waals surface area contributed by atoms with Gasteiger partial charge in [-0.2, -0.15) is 0 Å². The molecule has 0 rings (SSSR count). The first-order valence-electron chi connectivity index (χ1n) is 25.5. The van der Waals surface area contributed by atoms with Gasteiger partial charge in [0.2, 0.25) is 0 Å². The first-order valence-corrected chi connectivity index (χ1v) is 25.5. The fraction of sp³-hybridized carbons (Fsp3) is 0.830. The molecule has 61 heavy (non-hydrogen) atoms. The smallest absolute Gasteiger partial charge is 0.306 e. The summed E-state index contributed by atoms with van der Waals surface area (Å²) in [6, 6.07) is -0.727. The van der Waals surface area contributed by atoms with Crippen LogP contribution in [-0.4, -0.2) is 75.5 Å². The van der Waals surface area contributed by atoms with E-state index in [0.29, 0.717) is 12.8 Å². The van der Waals surface area contributed by atoms with Crippen molar-refractivity contribution < 1.29 is 38.2 Å². The molecular weight excluding hydrogens is 763 g/mol. The summed E-state index contributed by atoms with van der Waals surface area (Å²) in [5.74, 6) is -1.74. The zero-order chi connectivity index (χ0) is 44.9. The molecular formula is C53H97NO7. The van der Waals surface area contributed by atoms with Crippen molar-refractivity contribution in [3.8, 4) is 0 Å². The topological polar surface area (TPSA) is 102 Å². The standard InChI is InChI=1S/C53H97NO7/c1-6-8-10-12-14-16-18-20-22-24-26-28-30-32-34-36-38-40-42-44-52(56)61-49(47-59-46-45-50(53(57)58)54(3,4)5)48-60-51(55)43-41-39-37-35-33-31-29-27-25-23-21-19-17-15-13-11-9-7-2/h14,16,18,20,27,29,49-50H,6-13,15,17,19,21-26,28,30-48H2,1-5H3/b16-14+,20-18+,29-27+. The van der Waals surface area contributed by atoms with E-state index in [0.717, 1.165) is 51.4 Å². The van der Waals surface area contributed by atoms with E-state index in [1.54, 1.807) is 21.1 Å². The van der Waals surface area contributed by atoms with Crippen LogP contribution >= 0.6 is 0 Å². The molecule has 0 N–H and O–H groups in total. The van der Waals surface area contributed by atoms with Crippen LogP contribution in [0.15, 0.2) is 36.5 Å². The van der Waals surface area contributed by atoms with Gasteiger partial charge < -0.3 is 28.6 Å². The van der Waals surface area contributed by atoms with Gasteiger partial charge in [0.15, 0.2) is 6.10 Å². The van der Waals surface area contributed by atoms with Crippen molar-refractivity contribution in [2.45, 2.75) is 244 Å². The number of carboxylic acid groups (broad SMARTS) is 1. The molecule has 0 saturated carbocycles. The fourth-order valence-corrected chi connectivity index (χ4v) is 7.53. The number of likely N-dealkylation sites (N-methyl/N-ethyl adjacent to an activating group) is 1. The number of allylic oxidation sites excluding steroid dienone is 6. The van der Waals surface area contributed by atoms with Gasteiger partial charge in [-0.1, -0.05) is 185 Å². The van der Waals surface area contributed by atoms with E-state index >= 15 is 0 Å². The summed E-state index contributed by atoms with van der Waals surface area (Å²) in [5, 5.41) is 11.7. The van der Waals surface area contributed by atoms with Crippen LogP contribution in [0, 0.1) is 0 Å². The molecule has 2 unspecified atom stereocenters. The normalized spacial score (nSPS) is 13.1. The van der Waals surface area contributed by atoms with Gasteiger partial charge in [-0.25, -0.2) is 0 Å². The Morgan fingerprint density at radius 2 is 0.869 bits per heavy atom. The molecule has 8 nitrogen and oxygen atoms in total. The van der Waals surface area contributed by atoms with E-state index in [2.05, 4.69) is 50.3 Å². The summed E-state index contributed by atoms with van der Waals surface area (Å²) in [6.45, 7) is 4.65. The number of carboxylic acids is 1. The first kappa shape index (κ1) is 58.6. The third kappa shape index (κ3) is 42.6. The minimum Gasteiger partial charge on any atom is -0.544 e. The summed E-state index contributed by atoms with van der Waals surface area (Å²) in [7, 11) is 5.42. The van der Waals surface area contributed by atoms with Crippen LogP contribution in [-0.2, 0) is 28.6 Å². The van der Waals surface area contributed by atoms with Crippen LogP contribution in [0.5, 0.6) is 0 Å². The Hall–Kier alpha value is -2.45. The Morgan fingerprint density at radius 1 is 0.492 bits per heavy atom. The molecule has 2 atom stereocenters. The number of aliphatic carboxylic acids is 1. The van der Waals surface area contributed by atoms with E-state index in [-0.39, 0.29) is 42.7 Å². The zero-order valence-corrected chi connectivity index (χ0v) is 40.6. The average Bonchev–Trinajstić information content (AvgIpc) is 3.22. The number of esters is 2. The molecule has 0 spiro atoms. The monoisotopic (exact) mass is 860 g/mol. The molecule has 0 fully saturated rings. The molecule has 0 aromatic carbocycles. The molecule has 0 aromatic heterocycles. The molecule has 0 saturated heterocycles. The first-order chi connectivity index (χ1) is 29.6. The molecule has 0 aromatic rings. The van der Waals surface area contributed by atoms with Gasteiger partial charge in [0.25, 0.3) is 0 Å². The lowest BCUT2D eigenvalue weighted by molar-refractivity contribution is -0.889. The summed E-state index contributed by atoms with van der Waals surface area (Å²) >= 11 is 0. The molecule has 0 aliphatic rings. The number of quaternary nitrogens is 1. The molecule has 0 heterocycles. The van der Waals surface area contributed by atoms with Gasteiger partial charge >= 0.3 is 11.9 Å². The Morgan fingerprint density at radius 3 is 1.31 bits per heavy atom. The van der Waals surface area contributed by atoms with E-state index in [4.69, 9.17) is 14.2 Å². The van der Waals surface area contributed by atoms with Crippen molar-refractivity contribution >= 4 is 17.9 Å². The van der Waals surface area contributed by atoms with Gasteiger partial charge in [-0.05, 0) is 64.2 Å². The lowest BCUT2D eigenvalue weighted by Crippen LogP contribution is -2.55. The lowest BCUT2D eigenvalue weighted by Gasteiger charge is -2.34. The zero-order valence-electron chi connectivity index (χ0n) is 40.6. The number of hydrogen-bond donors (Lipinski definition) is 0. The number of ether oxygens (including phenoxy) is 3. The Labute approximate surface area is 376 Å². The number of carbonyl (C=O) groups is 3. The van der Waals surface area contributed by atoms with Crippen LogP contribution in [0.2, 0.25) is 0 Å². The minimum atomic E-state index is -1.12. The van der Waals surface area contributed by atoms with Gasteiger partial charge in [-0.3, -0.25) is 9.59 Å². The van der Waals surface area contributed by atoms with Gasteiger partial charge in [0.05, 0.1) is 40.3 Å². The number of carbonyl (C=O) groups excluding carboxylic acids is 3. The minimum absolute atomic E-state index is 0.0385. The van der Waals surface area contributed by atoms with E-state index in [1.165, 1.54) is 148 Å². The summed E-state index contributed by atoms with van der Waals surface area (Å²) in [6.07, 6.45) is 51.7. The van der Waals surface area contributed by atoms with Crippen molar-refractivity contribution in [3.05, 3.63) is 36.5 Å². The summed E-state index contributed by atoms with van der Waals surface area (Å²) in [4.78, 5) is 37.0. The highest BCUT2D eigenvalue weighted by Crippen LogP contribution is 2.15. The van der Waals surface area contributed by atoms with Crippen molar-refractivity contribution in [1.29, 1.82) is 0 Å². The molecule has 356 valence electrons. The highest BCUT2D eigenvalue weighted by atomic mass is 16.6. The molecule has 0 aliphatic carbocycles. The summed E-state index contributed by atoms with van der Waals surface area (Å²) in [5.41, 5.74) is 0. The van der Waals surface area contributed by atoms with E-state index < -0.39 is 18.1 Å². The summed E-state index contributed by atoms with van der Waals surface area (Å²) < 4.78 is 17.2. The second kappa shape index (κ2) is 44.2. The second-order valence-electron chi connectivity index (χ2n) is 18.4. The quantitative estimate of drug-likeness (QED) is 0.0197. The Balaban J connectivity index is 4.26. The van der Waals surface area contributed by atoms with Gasteiger partial charge in [-0.15, -0.1) is 0 Å². The third-order valence-electron chi connectivity index (χ3n) is 11.5. The van der Waals surface area contributed by atoms with Crippen LogP contribution in [0.1, 0.15) is 232 Å². The van der Waals surface area contributed by atoms with Crippen LogP contribution < -0.4 is 5.11 Å². The number of rotatable bonds is 46. The number of nitrogens with zero attached hydrogens (tertiary/aromatic N) is 1. The van der Waals surface area contributed by atoms with Gasteiger partial charge in [0.1, 0.15) is 12.6 Å². The van der Waals surface area contributed by atoms with E-state index in [9.17, 15) is 19.5 Å². The van der Waals surface area contributed by atoms with E-state index in [1.807, 2.05) is 0 Å². The van der Waals surface area contributed by atoms with Crippen molar-refractivity contribution in [2.24, 2.45) is 0 Å². The Bertz CT molecular complexity index is 1090. The Kier molecular flexibility index (Phi) is 42.4. The third-order valence-corrected chi connectivity index (χ3v) is 11.5. The van der Waals surface area contributed by atoms with Crippen LogP contribution in [0.3, 0.4) is 0 Å². The predicted molar refractivity (Wildman–Crippen MR) is 254 cm³/mol. The maximum absolute atomic E-state index is 12.8. The van der Waals surface area contributed by atoms with Crippen molar-refractivity contribution in [2.75, 3.05) is 41.0 Å². The molecule has 0 bridgehead atoms. The molecule has 0 radical (unpaired) electrons. The van der Waals surface area contributed by atoms with Crippen LogP contribution in [0.25, 0.3) is 0 Å². The molecule has 0 aliphatic heterocycles. The van der Waals surface area contributed by atoms with Crippen LogP contribution in [0.4, 0.5) is 0 Å².